The quantitative estimate of drug-likeness (QED) is 0.432. The van der Waals surface area contributed by atoms with E-state index < -0.39 is 0 Å². The molecule has 0 spiro atoms. The lowest BCUT2D eigenvalue weighted by Gasteiger charge is -1.53. The van der Waals surface area contributed by atoms with Crippen LogP contribution >= 0.6 is 0 Å². The van der Waals surface area contributed by atoms with Crippen LogP contribution in [-0.4, -0.2) is 10.6 Å². The number of allylic oxidation sites excluding steroid dienone is 2. The summed E-state index contributed by atoms with van der Waals surface area (Å²) in [6.45, 7) is 11.2. The van der Waals surface area contributed by atoms with E-state index in [0.29, 0.717) is 0 Å². The Kier molecular flexibility index (Phi) is 122. The van der Waals surface area contributed by atoms with Gasteiger partial charge in [0.05, 0.1) is 6.26 Å². The zero-order chi connectivity index (χ0) is 8.83. The molecule has 0 aliphatic rings. The molecule has 2 heteroatoms. The summed E-state index contributed by atoms with van der Waals surface area (Å²) in [6.07, 6.45) is 5.56. The molecule has 0 aliphatic heterocycles. The van der Waals surface area contributed by atoms with Gasteiger partial charge in [0.1, 0.15) is 0 Å². The van der Waals surface area contributed by atoms with E-state index in [1.54, 1.807) is 19.1 Å². The second-order valence-electron chi connectivity index (χ2n) is 1.60. The highest BCUT2D eigenvalue weighted by Crippen LogP contribution is 1.56. The molecule has 0 bridgehead atoms. The van der Waals surface area contributed by atoms with Gasteiger partial charge >= 0.3 is 0 Å². The molecule has 2 nitrogen and oxygen atoms in total. The van der Waals surface area contributed by atoms with E-state index in [0.717, 1.165) is 6.26 Å². The average Bonchev–Trinajstić information content (AvgIpc) is 1.91. The van der Waals surface area contributed by atoms with Crippen LogP contribution in [0.25, 0.3) is 0 Å². The molecule has 0 rings (SSSR count). The van der Waals surface area contributed by atoms with Crippen LogP contribution in [0, 0.1) is 0 Å². The zero-order valence-corrected chi connectivity index (χ0v) is 8.09. The van der Waals surface area contributed by atoms with Gasteiger partial charge in [0.15, 0.2) is 0 Å². The third kappa shape index (κ3) is 8410. The molecule has 0 atom stereocenters. The molecule has 0 amide bonds. The number of hydrogen-bond donors (Lipinski definition) is 1. The van der Waals surface area contributed by atoms with Gasteiger partial charge in [-0.25, -0.2) is 0 Å². The smallest absolute Gasteiger partial charge is 0.0748 e. The second kappa shape index (κ2) is 59.8. The van der Waals surface area contributed by atoms with Gasteiger partial charge in [0, 0.05) is 0 Å². The van der Waals surface area contributed by atoms with Crippen LogP contribution in [0.2, 0.25) is 0 Å². The predicted octanol–water partition coefficient (Wildman–Crippen LogP) is 2.86. The first-order chi connectivity index (χ1) is 4.74. The summed E-state index contributed by atoms with van der Waals surface area (Å²) in [6, 6.07) is 0. The fraction of sp³-hybridized carbons (Fsp3) is 0.556. The van der Waals surface area contributed by atoms with Crippen LogP contribution in [0.1, 0.15) is 34.1 Å². The fourth-order valence-electron chi connectivity index (χ4n) is 0. The standard InChI is InChI=1S/C3H6O.C3H8.C3H6.H2O/c1-2-3-4;2*1-3-2;/h2-4H,1H3;3H2,1-2H3;3H,1H2,2H3;1H2/b3-2+;;;. The highest BCUT2D eigenvalue weighted by Gasteiger charge is 1.35. The molecule has 0 aromatic rings. The highest BCUT2D eigenvalue weighted by molar-refractivity contribution is 4.60. The van der Waals surface area contributed by atoms with E-state index in [2.05, 4.69) is 20.4 Å². The molecule has 11 heavy (non-hydrogen) atoms. The normalized spacial score (nSPS) is 6.18. The van der Waals surface area contributed by atoms with Gasteiger partial charge in [0.2, 0.25) is 0 Å². The van der Waals surface area contributed by atoms with E-state index in [9.17, 15) is 0 Å². The molecule has 0 saturated carbocycles. The molecule has 3 N–H and O–H groups in total. The Morgan fingerprint density at radius 3 is 1.36 bits per heavy atom. The second-order valence-corrected chi connectivity index (χ2v) is 1.60. The van der Waals surface area contributed by atoms with Crippen molar-refractivity contribution in [2.45, 2.75) is 34.1 Å². The monoisotopic (exact) mass is 162 g/mol. The highest BCUT2D eigenvalue weighted by atomic mass is 16.2. The van der Waals surface area contributed by atoms with E-state index in [4.69, 9.17) is 5.11 Å². The third-order valence-corrected chi connectivity index (χ3v) is 0.149. The van der Waals surface area contributed by atoms with Gasteiger partial charge in [0.25, 0.3) is 0 Å². The summed E-state index contributed by atoms with van der Waals surface area (Å²) in [5, 5.41) is 7.69. The first kappa shape index (κ1) is 22.5. The van der Waals surface area contributed by atoms with Gasteiger partial charge in [-0.05, 0) is 13.8 Å². The Balaban J connectivity index is -0.0000000325. The number of aliphatic hydroxyl groups excluding tert-OH is 1. The molecule has 0 unspecified atom stereocenters. The minimum Gasteiger partial charge on any atom is -0.516 e. The van der Waals surface area contributed by atoms with Crippen molar-refractivity contribution >= 4 is 0 Å². The molecule has 0 heterocycles. The summed E-state index contributed by atoms with van der Waals surface area (Å²) in [5.41, 5.74) is 0. The van der Waals surface area contributed by atoms with Crippen molar-refractivity contribution in [3.05, 3.63) is 25.0 Å². The SMILES string of the molecule is C/C=C/O.C=CC.CCC.O. The van der Waals surface area contributed by atoms with Crippen molar-refractivity contribution in [3.8, 4) is 0 Å². The van der Waals surface area contributed by atoms with E-state index in [1.165, 1.54) is 6.42 Å². The number of aliphatic hydroxyl groups is 1. The summed E-state index contributed by atoms with van der Waals surface area (Å²) in [7, 11) is 0. The number of rotatable bonds is 0. The third-order valence-electron chi connectivity index (χ3n) is 0.149. The zero-order valence-electron chi connectivity index (χ0n) is 8.09. The van der Waals surface area contributed by atoms with Gasteiger partial charge in [-0.1, -0.05) is 32.4 Å². The lowest BCUT2D eigenvalue weighted by atomic mass is 10.6. The van der Waals surface area contributed by atoms with Gasteiger partial charge < -0.3 is 10.6 Å². The Labute approximate surface area is 70.6 Å². The molecule has 0 aromatic heterocycles. The maximum Gasteiger partial charge on any atom is 0.0748 e. The van der Waals surface area contributed by atoms with Crippen LogP contribution in [0.15, 0.2) is 25.0 Å². The van der Waals surface area contributed by atoms with E-state index in [1.807, 2.05) is 6.92 Å². The van der Waals surface area contributed by atoms with Crippen LogP contribution in [0.4, 0.5) is 0 Å². The first-order valence-corrected chi connectivity index (χ1v) is 3.57. The first-order valence-electron chi connectivity index (χ1n) is 3.57. The molecular weight excluding hydrogens is 140 g/mol. The van der Waals surface area contributed by atoms with Crippen LogP contribution in [0.3, 0.4) is 0 Å². The van der Waals surface area contributed by atoms with Crippen LogP contribution in [0.5, 0.6) is 0 Å². The van der Waals surface area contributed by atoms with Crippen LogP contribution < -0.4 is 0 Å². The van der Waals surface area contributed by atoms with Gasteiger partial charge in [-0.3, -0.25) is 0 Å². The lowest BCUT2D eigenvalue weighted by Crippen LogP contribution is -1.36. The van der Waals surface area contributed by atoms with Crippen molar-refractivity contribution < 1.29 is 10.6 Å². The average molecular weight is 162 g/mol. The van der Waals surface area contributed by atoms with Crippen LogP contribution in [-0.2, 0) is 0 Å². The topological polar surface area (TPSA) is 51.7 Å². The molecule has 0 fully saturated rings. The van der Waals surface area contributed by atoms with E-state index >= 15 is 0 Å². The number of hydrogen-bond acceptors (Lipinski definition) is 1. The minimum absolute atomic E-state index is 0. The minimum atomic E-state index is 0. The Hall–Kier alpha value is -0.760. The lowest BCUT2D eigenvalue weighted by molar-refractivity contribution is 0.472. The molecule has 0 radical (unpaired) electrons. The fourth-order valence-corrected chi connectivity index (χ4v) is 0. The van der Waals surface area contributed by atoms with Gasteiger partial charge in [-0.2, -0.15) is 0 Å². The molecule has 0 saturated heterocycles. The maximum absolute atomic E-state index is 7.69. The van der Waals surface area contributed by atoms with Gasteiger partial charge in [-0.15, -0.1) is 6.58 Å². The van der Waals surface area contributed by atoms with E-state index in [-0.39, 0.29) is 5.48 Å². The Morgan fingerprint density at radius 2 is 1.36 bits per heavy atom. The van der Waals surface area contributed by atoms with Crippen molar-refractivity contribution in [2.24, 2.45) is 0 Å². The Morgan fingerprint density at radius 1 is 1.27 bits per heavy atom. The summed E-state index contributed by atoms with van der Waals surface area (Å²) < 4.78 is 0. The maximum atomic E-state index is 7.69. The van der Waals surface area contributed by atoms with Crippen molar-refractivity contribution in [2.75, 3.05) is 0 Å². The largest absolute Gasteiger partial charge is 0.516 e. The summed E-state index contributed by atoms with van der Waals surface area (Å²) in [5.74, 6) is 0. The molecule has 0 aliphatic carbocycles. The molecule has 0 aromatic carbocycles. The van der Waals surface area contributed by atoms with Crippen molar-refractivity contribution in [1.82, 2.24) is 0 Å². The summed E-state index contributed by atoms with van der Waals surface area (Å²) >= 11 is 0. The van der Waals surface area contributed by atoms with Crippen molar-refractivity contribution in [3.63, 3.8) is 0 Å². The van der Waals surface area contributed by atoms with Crippen molar-refractivity contribution in [1.29, 1.82) is 0 Å². The predicted molar refractivity (Wildman–Crippen MR) is 52.9 cm³/mol. The molecular formula is C9H22O2. The summed E-state index contributed by atoms with van der Waals surface area (Å²) in [4.78, 5) is 0. The molecule has 70 valence electrons. The Bertz CT molecular complexity index is 54.6.